The summed E-state index contributed by atoms with van der Waals surface area (Å²) < 4.78 is 21.4. The summed E-state index contributed by atoms with van der Waals surface area (Å²) in [5, 5.41) is 20.5. The van der Waals surface area contributed by atoms with Gasteiger partial charge in [0.25, 0.3) is 0 Å². The number of carbonyl (C=O) groups excluding carboxylic acids is 2. The fourth-order valence-corrected chi connectivity index (χ4v) is 3.00. The molecule has 154 valence electrons. The fraction of sp³-hybridized carbons (Fsp3) is 0.556. The smallest absolute Gasteiger partial charge is 0.339 e. The molecule has 0 radical (unpaired) electrons. The average molecular weight is 397 g/mol. The summed E-state index contributed by atoms with van der Waals surface area (Å²) in [7, 11) is 1.17. The zero-order valence-corrected chi connectivity index (χ0v) is 16.0. The zero-order valence-electron chi connectivity index (χ0n) is 16.0. The highest BCUT2D eigenvalue weighted by molar-refractivity contribution is 5.76. The van der Waals surface area contributed by atoms with Gasteiger partial charge in [-0.15, -0.1) is 0 Å². The molecule has 1 N–H and O–H groups in total. The molecular formula is C18H23NO9. The molecule has 1 aliphatic rings. The van der Waals surface area contributed by atoms with Crippen LogP contribution in [0.4, 0.5) is 5.69 Å². The molecule has 0 unspecified atom stereocenters. The van der Waals surface area contributed by atoms with Crippen LogP contribution in [0.5, 0.6) is 5.75 Å². The number of esters is 2. The lowest BCUT2D eigenvalue weighted by molar-refractivity contribution is -0.386. The normalized spacial score (nSPS) is 27.0. The molecule has 1 saturated heterocycles. The Bertz CT molecular complexity index is 751. The van der Waals surface area contributed by atoms with E-state index >= 15 is 0 Å². The van der Waals surface area contributed by atoms with Crippen molar-refractivity contribution in [3.8, 4) is 5.75 Å². The van der Waals surface area contributed by atoms with Gasteiger partial charge in [-0.05, 0) is 11.6 Å². The quantitative estimate of drug-likeness (QED) is 0.431. The maximum Gasteiger partial charge on any atom is 0.339 e. The Hall–Kier alpha value is -2.72. The lowest BCUT2D eigenvalue weighted by Crippen LogP contribution is -2.55. The molecule has 0 aromatic heterocycles. The van der Waals surface area contributed by atoms with Gasteiger partial charge >= 0.3 is 17.6 Å². The predicted octanol–water partition coefficient (Wildman–Crippen LogP) is 1.57. The number of methoxy groups -OCH3 is 1. The van der Waals surface area contributed by atoms with E-state index in [-0.39, 0.29) is 29.9 Å². The van der Waals surface area contributed by atoms with E-state index in [1.807, 2.05) is 0 Å². The molecule has 1 aliphatic heterocycles. The number of aliphatic hydroxyl groups excluding tert-OH is 1. The van der Waals surface area contributed by atoms with Crippen LogP contribution < -0.4 is 4.74 Å². The van der Waals surface area contributed by atoms with Crippen molar-refractivity contribution in [2.45, 2.75) is 45.9 Å². The van der Waals surface area contributed by atoms with E-state index in [2.05, 4.69) is 0 Å². The number of aliphatic hydroxyl groups is 1. The van der Waals surface area contributed by atoms with Crippen molar-refractivity contribution >= 4 is 17.6 Å². The van der Waals surface area contributed by atoms with Gasteiger partial charge in [-0.1, -0.05) is 19.9 Å². The number of nitrogens with zero attached hydrogens (tertiary/aromatic N) is 1. The Morgan fingerprint density at radius 2 is 1.96 bits per heavy atom. The zero-order chi connectivity index (χ0) is 21.0. The van der Waals surface area contributed by atoms with Gasteiger partial charge in [0.15, 0.2) is 11.9 Å². The maximum atomic E-state index is 12.1. The van der Waals surface area contributed by atoms with Crippen LogP contribution >= 0.6 is 0 Å². The number of hydrogen-bond acceptors (Lipinski definition) is 9. The Kier molecular flexibility index (Phi) is 6.92. The van der Waals surface area contributed by atoms with E-state index in [0.29, 0.717) is 5.56 Å². The van der Waals surface area contributed by atoms with Crippen LogP contribution in [-0.4, -0.2) is 47.6 Å². The number of benzene rings is 1. The van der Waals surface area contributed by atoms with E-state index in [1.54, 1.807) is 13.8 Å². The molecule has 28 heavy (non-hydrogen) atoms. The fourth-order valence-electron chi connectivity index (χ4n) is 3.00. The highest BCUT2D eigenvalue weighted by Gasteiger charge is 2.48. The van der Waals surface area contributed by atoms with Gasteiger partial charge in [0, 0.05) is 24.8 Å². The van der Waals surface area contributed by atoms with Crippen molar-refractivity contribution in [2.24, 2.45) is 11.8 Å². The maximum absolute atomic E-state index is 12.1. The second-order valence-electron chi connectivity index (χ2n) is 6.58. The number of carbonyl (C=O) groups is 2. The standard InChI is InChI=1S/C18H23NO9/c1-9-10(2)18(28-16(17(22)25-4)15(9)26-11(3)21)27-14-6-5-12(8-20)7-13(14)19(23)24/h5-7,9-10,15-16,18,20H,8H2,1-4H3/t9-,10-,15+,16+,18-/m1/s1. The Labute approximate surface area is 161 Å². The molecule has 5 atom stereocenters. The minimum atomic E-state index is -1.24. The van der Waals surface area contributed by atoms with E-state index < -0.39 is 35.4 Å². The Morgan fingerprint density at radius 3 is 2.50 bits per heavy atom. The van der Waals surface area contributed by atoms with Crippen LogP contribution in [0.3, 0.4) is 0 Å². The van der Waals surface area contributed by atoms with Crippen molar-refractivity contribution in [2.75, 3.05) is 7.11 Å². The second kappa shape index (κ2) is 8.98. The van der Waals surface area contributed by atoms with Gasteiger partial charge in [-0.25, -0.2) is 4.79 Å². The molecule has 1 heterocycles. The third-order valence-corrected chi connectivity index (χ3v) is 4.74. The third kappa shape index (κ3) is 4.57. The SMILES string of the molecule is COC(=O)[C@H]1O[C@@H](Oc2ccc(CO)cc2[N+](=O)[O-])[C@H](C)[C@@H](C)[C@@H]1OC(C)=O. The lowest BCUT2D eigenvalue weighted by atomic mass is 9.84. The molecule has 1 aromatic rings. The largest absolute Gasteiger partial charge is 0.467 e. The van der Waals surface area contributed by atoms with Gasteiger partial charge < -0.3 is 24.1 Å². The van der Waals surface area contributed by atoms with Crippen molar-refractivity contribution in [1.82, 2.24) is 0 Å². The molecular weight excluding hydrogens is 374 g/mol. The first-order valence-electron chi connectivity index (χ1n) is 8.64. The molecule has 0 spiro atoms. The number of rotatable bonds is 6. The summed E-state index contributed by atoms with van der Waals surface area (Å²) in [5.74, 6) is -2.12. The summed E-state index contributed by atoms with van der Waals surface area (Å²) in [6, 6.07) is 4.04. The van der Waals surface area contributed by atoms with Gasteiger partial charge in [0.2, 0.25) is 6.29 Å². The Morgan fingerprint density at radius 1 is 1.29 bits per heavy atom. The van der Waals surface area contributed by atoms with E-state index in [0.717, 1.165) is 0 Å². The minimum absolute atomic E-state index is 0.0687. The van der Waals surface area contributed by atoms with Crippen LogP contribution in [0.25, 0.3) is 0 Å². The number of nitro groups is 1. The summed E-state index contributed by atoms with van der Waals surface area (Å²) in [5.41, 5.74) is 0.0131. The molecule has 10 heteroatoms. The molecule has 10 nitrogen and oxygen atoms in total. The third-order valence-electron chi connectivity index (χ3n) is 4.74. The van der Waals surface area contributed by atoms with Crippen LogP contribution in [0.1, 0.15) is 26.3 Å². The van der Waals surface area contributed by atoms with Gasteiger partial charge in [-0.3, -0.25) is 14.9 Å². The summed E-state index contributed by atoms with van der Waals surface area (Å²) in [4.78, 5) is 34.3. The molecule has 2 rings (SSSR count). The molecule has 0 aliphatic carbocycles. The van der Waals surface area contributed by atoms with E-state index in [9.17, 15) is 24.8 Å². The van der Waals surface area contributed by atoms with Gasteiger partial charge in [0.05, 0.1) is 18.6 Å². The van der Waals surface area contributed by atoms with Crippen molar-refractivity contribution < 1.29 is 38.6 Å². The summed E-state index contributed by atoms with van der Waals surface area (Å²) in [6.07, 6.45) is -3.14. The van der Waals surface area contributed by atoms with Crippen LogP contribution in [-0.2, 0) is 30.4 Å². The number of ether oxygens (including phenoxy) is 4. The second-order valence-corrected chi connectivity index (χ2v) is 6.58. The van der Waals surface area contributed by atoms with E-state index in [4.69, 9.17) is 18.9 Å². The number of hydrogen-bond donors (Lipinski definition) is 1. The first-order valence-corrected chi connectivity index (χ1v) is 8.64. The monoisotopic (exact) mass is 397 g/mol. The highest BCUT2D eigenvalue weighted by atomic mass is 16.7. The first-order chi connectivity index (χ1) is 13.2. The summed E-state index contributed by atoms with van der Waals surface area (Å²) >= 11 is 0. The van der Waals surface area contributed by atoms with Crippen LogP contribution in [0.2, 0.25) is 0 Å². The molecule has 0 bridgehead atoms. The minimum Gasteiger partial charge on any atom is -0.467 e. The molecule has 1 aromatic carbocycles. The Balaban J connectivity index is 2.32. The molecule has 0 saturated carbocycles. The van der Waals surface area contributed by atoms with Crippen molar-refractivity contribution in [3.05, 3.63) is 33.9 Å². The van der Waals surface area contributed by atoms with Crippen molar-refractivity contribution in [1.29, 1.82) is 0 Å². The molecule has 0 amide bonds. The number of nitro benzene ring substituents is 1. The average Bonchev–Trinajstić information content (AvgIpc) is 2.66. The van der Waals surface area contributed by atoms with Gasteiger partial charge in [0.1, 0.15) is 6.10 Å². The predicted molar refractivity (Wildman–Crippen MR) is 94.2 cm³/mol. The van der Waals surface area contributed by atoms with Gasteiger partial charge in [-0.2, -0.15) is 0 Å². The lowest BCUT2D eigenvalue weighted by Gasteiger charge is -2.42. The first kappa shape index (κ1) is 21.6. The topological polar surface area (TPSA) is 134 Å². The highest BCUT2D eigenvalue weighted by Crippen LogP contribution is 2.37. The van der Waals surface area contributed by atoms with Crippen molar-refractivity contribution in [3.63, 3.8) is 0 Å². The van der Waals surface area contributed by atoms with Crippen LogP contribution in [0.15, 0.2) is 18.2 Å². The van der Waals surface area contributed by atoms with E-state index in [1.165, 1.54) is 32.2 Å². The summed E-state index contributed by atoms with van der Waals surface area (Å²) in [6.45, 7) is 4.38. The van der Waals surface area contributed by atoms with Crippen LogP contribution in [0, 0.1) is 22.0 Å². The molecule has 1 fully saturated rings.